The highest BCUT2D eigenvalue weighted by Crippen LogP contribution is 2.40. The molecule has 1 heterocycles. The molecule has 0 bridgehead atoms. The van der Waals surface area contributed by atoms with Crippen LogP contribution >= 0.6 is 0 Å². The van der Waals surface area contributed by atoms with Gasteiger partial charge < -0.3 is 5.11 Å². The molecule has 3 unspecified atom stereocenters. The molecule has 1 saturated heterocycles. The first-order valence-corrected chi connectivity index (χ1v) is 5.20. The molecule has 1 aliphatic heterocycles. The van der Waals surface area contributed by atoms with E-state index in [1.165, 1.54) is 25.8 Å². The summed E-state index contributed by atoms with van der Waals surface area (Å²) in [5.74, 6) is 1.55. The normalized spacial score (nSPS) is 42.0. The highest BCUT2D eigenvalue weighted by molar-refractivity contribution is 4.96. The average Bonchev–Trinajstić information content (AvgIpc) is 2.75. The number of nitrogens with zero attached hydrogens (tertiary/aromatic N) is 1. The van der Waals surface area contributed by atoms with Crippen LogP contribution in [0.5, 0.6) is 0 Å². The van der Waals surface area contributed by atoms with Crippen LogP contribution < -0.4 is 0 Å². The Morgan fingerprint density at radius 2 is 2.33 bits per heavy atom. The fourth-order valence-electron chi connectivity index (χ4n) is 2.43. The minimum atomic E-state index is 0.389. The zero-order valence-electron chi connectivity index (χ0n) is 7.87. The molecule has 2 nitrogen and oxygen atoms in total. The van der Waals surface area contributed by atoms with Crippen LogP contribution in [0, 0.1) is 11.8 Å². The van der Waals surface area contributed by atoms with E-state index in [0.29, 0.717) is 12.5 Å². The predicted molar refractivity (Wildman–Crippen MR) is 49.0 cm³/mol. The van der Waals surface area contributed by atoms with E-state index in [1.54, 1.807) is 0 Å². The standard InChI is InChI=1S/C10H19NO/c1-2-9-5-10(9)11-4-3-8(6-11)7-12/h8-10,12H,2-7H2,1H3. The number of rotatable bonds is 3. The first-order valence-electron chi connectivity index (χ1n) is 5.20. The van der Waals surface area contributed by atoms with Crippen molar-refractivity contribution in [2.45, 2.75) is 32.2 Å². The molecule has 1 aliphatic carbocycles. The fourth-order valence-corrected chi connectivity index (χ4v) is 2.43. The van der Waals surface area contributed by atoms with Gasteiger partial charge in [-0.2, -0.15) is 0 Å². The van der Waals surface area contributed by atoms with Crippen LogP contribution in [-0.4, -0.2) is 35.7 Å². The van der Waals surface area contributed by atoms with E-state index in [-0.39, 0.29) is 0 Å². The summed E-state index contributed by atoms with van der Waals surface area (Å²) in [6.07, 6.45) is 3.96. The van der Waals surface area contributed by atoms with Crippen molar-refractivity contribution in [1.82, 2.24) is 4.90 Å². The van der Waals surface area contributed by atoms with Gasteiger partial charge in [0, 0.05) is 19.2 Å². The van der Waals surface area contributed by atoms with E-state index in [0.717, 1.165) is 18.5 Å². The summed E-state index contributed by atoms with van der Waals surface area (Å²) in [6, 6.07) is 0.881. The van der Waals surface area contributed by atoms with Gasteiger partial charge in [0.05, 0.1) is 0 Å². The molecule has 0 radical (unpaired) electrons. The number of hydrogen-bond acceptors (Lipinski definition) is 2. The van der Waals surface area contributed by atoms with Gasteiger partial charge in [-0.1, -0.05) is 13.3 Å². The molecule has 0 amide bonds. The molecule has 2 aliphatic rings. The molecule has 2 fully saturated rings. The van der Waals surface area contributed by atoms with Crippen LogP contribution in [0.4, 0.5) is 0 Å². The Hall–Kier alpha value is -0.0800. The van der Waals surface area contributed by atoms with Crippen LogP contribution in [0.3, 0.4) is 0 Å². The monoisotopic (exact) mass is 169 g/mol. The predicted octanol–water partition coefficient (Wildman–Crippen LogP) is 1.10. The Balaban J connectivity index is 1.77. The number of hydrogen-bond donors (Lipinski definition) is 1. The number of likely N-dealkylation sites (tertiary alicyclic amines) is 1. The third kappa shape index (κ3) is 1.50. The highest BCUT2D eigenvalue weighted by Gasteiger charge is 2.42. The maximum absolute atomic E-state index is 8.98. The Labute approximate surface area is 74.6 Å². The van der Waals surface area contributed by atoms with Crippen LogP contribution in [0.15, 0.2) is 0 Å². The van der Waals surface area contributed by atoms with Crippen LogP contribution in [0.2, 0.25) is 0 Å². The van der Waals surface area contributed by atoms with Gasteiger partial charge in [0.15, 0.2) is 0 Å². The number of aliphatic hydroxyl groups is 1. The molecule has 1 saturated carbocycles. The lowest BCUT2D eigenvalue weighted by molar-refractivity contribution is 0.217. The van der Waals surface area contributed by atoms with Crippen LogP contribution in [-0.2, 0) is 0 Å². The molecule has 0 aromatic rings. The topological polar surface area (TPSA) is 23.5 Å². The van der Waals surface area contributed by atoms with Gasteiger partial charge in [-0.15, -0.1) is 0 Å². The number of aliphatic hydroxyl groups excluding tert-OH is 1. The summed E-state index contributed by atoms with van der Waals surface area (Å²) in [7, 11) is 0. The smallest absolute Gasteiger partial charge is 0.0471 e. The van der Waals surface area contributed by atoms with Crippen molar-refractivity contribution in [3.8, 4) is 0 Å². The van der Waals surface area contributed by atoms with Crippen molar-refractivity contribution in [3.05, 3.63) is 0 Å². The molecular formula is C10H19NO. The summed E-state index contributed by atoms with van der Waals surface area (Å²) in [6.45, 7) is 5.05. The molecule has 70 valence electrons. The average molecular weight is 169 g/mol. The zero-order chi connectivity index (χ0) is 8.55. The van der Waals surface area contributed by atoms with Gasteiger partial charge in [-0.25, -0.2) is 0 Å². The lowest BCUT2D eigenvalue weighted by Gasteiger charge is -2.14. The summed E-state index contributed by atoms with van der Waals surface area (Å²) in [5.41, 5.74) is 0. The maximum Gasteiger partial charge on any atom is 0.0471 e. The Bertz CT molecular complexity index is 160. The van der Waals surface area contributed by atoms with E-state index >= 15 is 0 Å². The molecule has 0 spiro atoms. The molecule has 0 aromatic heterocycles. The van der Waals surface area contributed by atoms with E-state index in [4.69, 9.17) is 5.11 Å². The van der Waals surface area contributed by atoms with Gasteiger partial charge in [0.25, 0.3) is 0 Å². The van der Waals surface area contributed by atoms with Gasteiger partial charge in [-0.05, 0) is 31.2 Å². The van der Waals surface area contributed by atoms with Gasteiger partial charge in [-0.3, -0.25) is 4.90 Å². The molecule has 2 heteroatoms. The second-order valence-electron chi connectivity index (χ2n) is 4.30. The SMILES string of the molecule is CCC1CC1N1CCC(CO)C1. The second kappa shape index (κ2) is 3.35. The zero-order valence-corrected chi connectivity index (χ0v) is 7.87. The minimum absolute atomic E-state index is 0.389. The summed E-state index contributed by atoms with van der Waals surface area (Å²) >= 11 is 0. The molecule has 12 heavy (non-hydrogen) atoms. The molecule has 2 rings (SSSR count). The maximum atomic E-state index is 8.98. The fraction of sp³-hybridized carbons (Fsp3) is 1.00. The molecule has 1 N–H and O–H groups in total. The van der Waals surface area contributed by atoms with Crippen LogP contribution in [0.1, 0.15) is 26.2 Å². The van der Waals surface area contributed by atoms with E-state index < -0.39 is 0 Å². The molecular weight excluding hydrogens is 150 g/mol. The molecule has 0 aromatic carbocycles. The largest absolute Gasteiger partial charge is 0.396 e. The van der Waals surface area contributed by atoms with Crippen molar-refractivity contribution in [1.29, 1.82) is 0 Å². The van der Waals surface area contributed by atoms with Crippen LogP contribution in [0.25, 0.3) is 0 Å². The third-order valence-electron chi connectivity index (χ3n) is 3.45. The van der Waals surface area contributed by atoms with Crippen molar-refractivity contribution in [2.24, 2.45) is 11.8 Å². The molecule has 3 atom stereocenters. The van der Waals surface area contributed by atoms with E-state index in [1.807, 2.05) is 0 Å². The summed E-state index contributed by atoms with van der Waals surface area (Å²) in [5, 5.41) is 8.98. The van der Waals surface area contributed by atoms with E-state index in [2.05, 4.69) is 11.8 Å². The Morgan fingerprint density at radius 3 is 2.83 bits per heavy atom. The first-order chi connectivity index (χ1) is 5.85. The van der Waals surface area contributed by atoms with E-state index in [9.17, 15) is 0 Å². The minimum Gasteiger partial charge on any atom is -0.396 e. The Morgan fingerprint density at radius 1 is 1.50 bits per heavy atom. The lowest BCUT2D eigenvalue weighted by atomic mass is 10.1. The van der Waals surface area contributed by atoms with Crippen molar-refractivity contribution < 1.29 is 5.11 Å². The Kier molecular flexibility index (Phi) is 2.37. The van der Waals surface area contributed by atoms with Crippen molar-refractivity contribution in [2.75, 3.05) is 19.7 Å². The van der Waals surface area contributed by atoms with Crippen molar-refractivity contribution >= 4 is 0 Å². The van der Waals surface area contributed by atoms with Crippen molar-refractivity contribution in [3.63, 3.8) is 0 Å². The first kappa shape index (κ1) is 8.52. The summed E-state index contributed by atoms with van der Waals surface area (Å²) in [4.78, 5) is 2.58. The lowest BCUT2D eigenvalue weighted by Crippen LogP contribution is -2.25. The second-order valence-corrected chi connectivity index (χ2v) is 4.30. The van der Waals surface area contributed by atoms with Gasteiger partial charge >= 0.3 is 0 Å². The third-order valence-corrected chi connectivity index (χ3v) is 3.45. The quantitative estimate of drug-likeness (QED) is 0.684. The summed E-state index contributed by atoms with van der Waals surface area (Å²) < 4.78 is 0. The van der Waals surface area contributed by atoms with Gasteiger partial charge in [0.1, 0.15) is 0 Å². The highest BCUT2D eigenvalue weighted by atomic mass is 16.3. The van der Waals surface area contributed by atoms with Gasteiger partial charge in [0.2, 0.25) is 0 Å².